The van der Waals surface area contributed by atoms with E-state index >= 15 is 0 Å². The van der Waals surface area contributed by atoms with Gasteiger partial charge in [0.15, 0.2) is 0 Å². The van der Waals surface area contributed by atoms with Crippen LogP contribution in [0.15, 0.2) is 54.6 Å². The molecule has 3 rings (SSSR count). The zero-order valence-corrected chi connectivity index (χ0v) is 13.8. The van der Waals surface area contributed by atoms with Crippen molar-refractivity contribution >= 4 is 0 Å². The molecular weight excluding hydrogens is 298 g/mol. The van der Waals surface area contributed by atoms with Crippen LogP contribution in [0, 0.1) is 11.3 Å². The molecule has 4 nitrogen and oxygen atoms in total. The van der Waals surface area contributed by atoms with Crippen molar-refractivity contribution in [2.75, 3.05) is 19.7 Å². The molecule has 0 spiro atoms. The Morgan fingerprint density at radius 1 is 1.08 bits per heavy atom. The lowest BCUT2D eigenvalue weighted by molar-refractivity contribution is 0.108. The average molecular weight is 321 g/mol. The number of nitrogens with zero attached hydrogens (tertiary/aromatic N) is 2. The molecule has 0 aromatic heterocycles. The topological polar surface area (TPSA) is 62.3 Å². The second kappa shape index (κ2) is 7.96. The fourth-order valence-electron chi connectivity index (χ4n) is 3.17. The van der Waals surface area contributed by atoms with Crippen LogP contribution < -0.4 is 10.5 Å². The van der Waals surface area contributed by atoms with Gasteiger partial charge in [0.25, 0.3) is 0 Å². The molecule has 2 aromatic carbocycles. The first-order valence-corrected chi connectivity index (χ1v) is 8.44. The summed E-state index contributed by atoms with van der Waals surface area (Å²) in [5.74, 6) is 0.648. The maximum Gasteiger partial charge on any atom is 0.137 e. The Bertz CT molecular complexity index is 688. The van der Waals surface area contributed by atoms with E-state index in [1.165, 1.54) is 5.56 Å². The normalized spacial score (nSPS) is 17.2. The zero-order valence-electron chi connectivity index (χ0n) is 13.8. The first kappa shape index (κ1) is 16.5. The van der Waals surface area contributed by atoms with Crippen LogP contribution in [0.3, 0.4) is 0 Å². The van der Waals surface area contributed by atoms with Crippen LogP contribution in [0.2, 0.25) is 0 Å². The second-order valence-electron chi connectivity index (χ2n) is 6.22. The molecule has 4 heteroatoms. The Hall–Kier alpha value is -2.35. The van der Waals surface area contributed by atoms with Gasteiger partial charge in [-0.15, -0.1) is 0 Å². The van der Waals surface area contributed by atoms with Crippen molar-refractivity contribution in [2.45, 2.75) is 24.9 Å². The van der Waals surface area contributed by atoms with Crippen molar-refractivity contribution in [3.05, 3.63) is 65.7 Å². The number of benzene rings is 2. The van der Waals surface area contributed by atoms with E-state index in [2.05, 4.69) is 35.2 Å². The van der Waals surface area contributed by atoms with Crippen molar-refractivity contribution in [3.8, 4) is 11.8 Å². The highest BCUT2D eigenvalue weighted by atomic mass is 16.5. The van der Waals surface area contributed by atoms with Crippen molar-refractivity contribution < 1.29 is 4.74 Å². The first-order chi connectivity index (χ1) is 11.8. The summed E-state index contributed by atoms with van der Waals surface area (Å²) < 4.78 is 6.03. The minimum atomic E-state index is 0.172. The van der Waals surface area contributed by atoms with Crippen LogP contribution in [0.1, 0.15) is 30.0 Å². The van der Waals surface area contributed by atoms with E-state index in [0.717, 1.165) is 25.9 Å². The fourth-order valence-corrected chi connectivity index (χ4v) is 3.17. The van der Waals surface area contributed by atoms with Gasteiger partial charge in [0.2, 0.25) is 0 Å². The third-order valence-electron chi connectivity index (χ3n) is 4.60. The van der Waals surface area contributed by atoms with Crippen LogP contribution in [0.25, 0.3) is 0 Å². The van der Waals surface area contributed by atoms with E-state index in [0.29, 0.717) is 24.0 Å². The van der Waals surface area contributed by atoms with E-state index in [1.807, 2.05) is 24.3 Å². The Morgan fingerprint density at radius 2 is 1.75 bits per heavy atom. The number of likely N-dealkylation sites (tertiary alicyclic amines) is 1. The Labute approximate surface area is 143 Å². The Kier molecular flexibility index (Phi) is 5.47. The maximum atomic E-state index is 9.22. The number of nitriles is 1. The van der Waals surface area contributed by atoms with E-state index in [-0.39, 0.29) is 6.04 Å². The van der Waals surface area contributed by atoms with Gasteiger partial charge in [-0.05, 0) is 30.5 Å². The largest absolute Gasteiger partial charge is 0.490 e. The molecule has 0 aliphatic carbocycles. The first-order valence-electron chi connectivity index (χ1n) is 8.44. The molecule has 2 aromatic rings. The molecule has 1 saturated heterocycles. The highest BCUT2D eigenvalue weighted by Gasteiger charge is 2.25. The fraction of sp³-hybridized carbons (Fsp3) is 0.350. The maximum absolute atomic E-state index is 9.22. The van der Waals surface area contributed by atoms with Crippen molar-refractivity contribution in [3.63, 3.8) is 0 Å². The van der Waals surface area contributed by atoms with Gasteiger partial charge in [-0.3, -0.25) is 4.90 Å². The third-order valence-corrected chi connectivity index (χ3v) is 4.60. The number of rotatable bonds is 5. The third kappa shape index (κ3) is 3.94. The van der Waals surface area contributed by atoms with Gasteiger partial charge in [-0.25, -0.2) is 0 Å². The lowest BCUT2D eigenvalue weighted by atomic mass is 10.00. The molecule has 24 heavy (non-hydrogen) atoms. The standard InChI is InChI=1S/C20H23N3O/c21-14-17-8-4-5-9-20(17)24-15-19(16-6-2-1-3-7-16)23-12-10-18(22)11-13-23/h1-9,18-19H,10-13,15,22H2/t19-/m0/s1. The monoisotopic (exact) mass is 321 g/mol. The molecule has 1 aliphatic rings. The second-order valence-corrected chi connectivity index (χ2v) is 6.22. The molecule has 124 valence electrons. The van der Waals surface area contributed by atoms with E-state index in [1.54, 1.807) is 6.07 Å². The van der Waals surface area contributed by atoms with Gasteiger partial charge in [0.1, 0.15) is 18.4 Å². The lowest BCUT2D eigenvalue weighted by Crippen LogP contribution is -2.43. The molecular formula is C20H23N3O. The quantitative estimate of drug-likeness (QED) is 0.919. The molecule has 1 atom stereocenters. The molecule has 0 amide bonds. The van der Waals surface area contributed by atoms with Crippen LogP contribution >= 0.6 is 0 Å². The summed E-state index contributed by atoms with van der Waals surface area (Å²) in [6, 6.07) is 20.5. The molecule has 0 saturated carbocycles. The summed E-state index contributed by atoms with van der Waals surface area (Å²) >= 11 is 0. The molecule has 0 unspecified atom stereocenters. The van der Waals surface area contributed by atoms with E-state index in [4.69, 9.17) is 10.5 Å². The smallest absolute Gasteiger partial charge is 0.137 e. The minimum absolute atomic E-state index is 0.172. The average Bonchev–Trinajstić information content (AvgIpc) is 2.64. The SMILES string of the molecule is N#Cc1ccccc1OC[C@@H](c1ccccc1)N1CCC(N)CC1. The zero-order chi connectivity index (χ0) is 16.8. The Balaban J connectivity index is 1.76. The van der Waals surface area contributed by atoms with Crippen LogP contribution in [0.5, 0.6) is 5.75 Å². The van der Waals surface area contributed by atoms with Crippen molar-refractivity contribution in [1.29, 1.82) is 5.26 Å². The molecule has 1 aliphatic heterocycles. The van der Waals surface area contributed by atoms with Crippen LogP contribution in [0.4, 0.5) is 0 Å². The molecule has 1 heterocycles. The molecule has 1 fully saturated rings. The number of hydrogen-bond donors (Lipinski definition) is 1. The summed E-state index contributed by atoms with van der Waals surface area (Å²) in [5.41, 5.74) is 7.86. The summed E-state index contributed by atoms with van der Waals surface area (Å²) in [6.45, 7) is 2.48. The lowest BCUT2D eigenvalue weighted by Gasteiger charge is -2.36. The summed E-state index contributed by atoms with van der Waals surface area (Å²) in [5, 5.41) is 9.22. The summed E-state index contributed by atoms with van der Waals surface area (Å²) in [4.78, 5) is 2.44. The molecule has 0 bridgehead atoms. The van der Waals surface area contributed by atoms with Crippen molar-refractivity contribution in [2.24, 2.45) is 5.73 Å². The van der Waals surface area contributed by atoms with Crippen molar-refractivity contribution in [1.82, 2.24) is 4.90 Å². The van der Waals surface area contributed by atoms with Gasteiger partial charge in [-0.1, -0.05) is 42.5 Å². The number of ether oxygens (including phenoxy) is 1. The predicted octanol–water partition coefficient (Wildman–Crippen LogP) is 3.10. The predicted molar refractivity (Wildman–Crippen MR) is 94.6 cm³/mol. The van der Waals surface area contributed by atoms with E-state index in [9.17, 15) is 5.26 Å². The van der Waals surface area contributed by atoms with Gasteiger partial charge >= 0.3 is 0 Å². The number of para-hydroxylation sites is 1. The van der Waals surface area contributed by atoms with Gasteiger partial charge in [0.05, 0.1) is 11.6 Å². The number of piperidine rings is 1. The Morgan fingerprint density at radius 3 is 2.46 bits per heavy atom. The molecule has 0 radical (unpaired) electrons. The van der Waals surface area contributed by atoms with E-state index < -0.39 is 0 Å². The van der Waals surface area contributed by atoms with Gasteiger partial charge in [-0.2, -0.15) is 5.26 Å². The molecule has 2 N–H and O–H groups in total. The highest BCUT2D eigenvalue weighted by Crippen LogP contribution is 2.26. The van der Waals surface area contributed by atoms with Gasteiger partial charge < -0.3 is 10.5 Å². The minimum Gasteiger partial charge on any atom is -0.490 e. The highest BCUT2D eigenvalue weighted by molar-refractivity contribution is 5.42. The number of nitrogens with two attached hydrogens (primary N) is 1. The number of hydrogen-bond acceptors (Lipinski definition) is 4. The van der Waals surface area contributed by atoms with Crippen LogP contribution in [-0.4, -0.2) is 30.6 Å². The van der Waals surface area contributed by atoms with Crippen LogP contribution in [-0.2, 0) is 0 Å². The van der Waals surface area contributed by atoms with Gasteiger partial charge in [0, 0.05) is 19.1 Å². The summed E-state index contributed by atoms with van der Waals surface area (Å²) in [7, 11) is 0. The summed E-state index contributed by atoms with van der Waals surface area (Å²) in [6.07, 6.45) is 2.02.